The Morgan fingerprint density at radius 3 is 2.19 bits per heavy atom. The normalized spacial score (nSPS) is 15.4. The predicted octanol–water partition coefficient (Wildman–Crippen LogP) is 1.48. The molecule has 0 aliphatic carbocycles. The van der Waals surface area contributed by atoms with Crippen molar-refractivity contribution in [1.29, 1.82) is 0 Å². The molecule has 0 heterocycles. The SMILES string of the molecule is C[C@@](O)(C(=O)Nc1ccc(S(C)(=O)=O)cc1F)C(F)(F)F. The van der Waals surface area contributed by atoms with E-state index in [9.17, 15) is 30.8 Å². The Morgan fingerprint density at radius 1 is 1.29 bits per heavy atom. The van der Waals surface area contributed by atoms with E-state index in [1.54, 1.807) is 5.32 Å². The number of amides is 1. The lowest BCUT2D eigenvalue weighted by Crippen LogP contribution is -2.52. The van der Waals surface area contributed by atoms with Crippen LogP contribution in [0.5, 0.6) is 0 Å². The molecule has 21 heavy (non-hydrogen) atoms. The second-order valence-electron chi connectivity index (χ2n) is 4.44. The lowest BCUT2D eigenvalue weighted by Gasteiger charge is -2.24. The minimum Gasteiger partial charge on any atom is -0.373 e. The molecular weight excluding hydrogens is 318 g/mol. The predicted molar refractivity (Wildman–Crippen MR) is 64.8 cm³/mol. The molecule has 5 nitrogen and oxygen atoms in total. The van der Waals surface area contributed by atoms with Crippen molar-refractivity contribution in [2.24, 2.45) is 0 Å². The fourth-order valence-corrected chi connectivity index (χ4v) is 1.83. The van der Waals surface area contributed by atoms with Gasteiger partial charge in [-0.3, -0.25) is 4.79 Å². The van der Waals surface area contributed by atoms with Gasteiger partial charge in [-0.05, 0) is 25.1 Å². The zero-order chi connectivity index (χ0) is 16.6. The number of nitrogens with one attached hydrogen (secondary N) is 1. The number of aliphatic hydroxyl groups is 1. The lowest BCUT2D eigenvalue weighted by atomic mass is 10.1. The maximum atomic E-state index is 13.6. The van der Waals surface area contributed by atoms with Gasteiger partial charge in [0.2, 0.25) is 5.60 Å². The quantitative estimate of drug-likeness (QED) is 0.823. The first-order valence-electron chi connectivity index (χ1n) is 5.37. The fourth-order valence-electron chi connectivity index (χ4n) is 1.20. The van der Waals surface area contributed by atoms with Crippen molar-refractivity contribution in [1.82, 2.24) is 0 Å². The third-order valence-corrected chi connectivity index (χ3v) is 3.72. The molecule has 0 bridgehead atoms. The number of benzene rings is 1. The Balaban J connectivity index is 3.08. The largest absolute Gasteiger partial charge is 0.426 e. The minimum absolute atomic E-state index is 0.213. The lowest BCUT2D eigenvalue weighted by molar-refractivity contribution is -0.242. The van der Waals surface area contributed by atoms with Gasteiger partial charge < -0.3 is 10.4 Å². The number of rotatable bonds is 3. The van der Waals surface area contributed by atoms with Crippen LogP contribution in [0.1, 0.15) is 6.92 Å². The Morgan fingerprint density at radius 2 is 1.81 bits per heavy atom. The number of sulfone groups is 1. The van der Waals surface area contributed by atoms with Gasteiger partial charge in [-0.15, -0.1) is 0 Å². The maximum absolute atomic E-state index is 13.6. The first kappa shape index (κ1) is 17.4. The first-order valence-corrected chi connectivity index (χ1v) is 7.26. The summed E-state index contributed by atoms with van der Waals surface area (Å²) in [5.74, 6) is -3.13. The Labute approximate surface area is 117 Å². The van der Waals surface area contributed by atoms with E-state index in [0.29, 0.717) is 6.07 Å². The molecule has 0 radical (unpaired) electrons. The molecule has 0 aliphatic rings. The molecule has 0 saturated carbocycles. The number of alkyl halides is 3. The number of halogens is 4. The van der Waals surface area contributed by atoms with Crippen molar-refractivity contribution in [2.75, 3.05) is 11.6 Å². The van der Waals surface area contributed by atoms with Crippen molar-refractivity contribution in [3.63, 3.8) is 0 Å². The van der Waals surface area contributed by atoms with Crippen LogP contribution in [0, 0.1) is 5.82 Å². The zero-order valence-electron chi connectivity index (χ0n) is 10.8. The topological polar surface area (TPSA) is 83.5 Å². The second-order valence-corrected chi connectivity index (χ2v) is 6.45. The highest BCUT2D eigenvalue weighted by molar-refractivity contribution is 7.90. The fraction of sp³-hybridized carbons (Fsp3) is 0.364. The van der Waals surface area contributed by atoms with Crippen molar-refractivity contribution >= 4 is 21.4 Å². The molecule has 1 amide bonds. The molecule has 2 N–H and O–H groups in total. The van der Waals surface area contributed by atoms with Crippen molar-refractivity contribution in [3.8, 4) is 0 Å². The molecule has 0 aliphatic heterocycles. The smallest absolute Gasteiger partial charge is 0.373 e. The van der Waals surface area contributed by atoms with Crippen LogP contribution in [0.4, 0.5) is 23.2 Å². The second kappa shape index (κ2) is 5.26. The number of carbonyl (C=O) groups excluding carboxylic acids is 1. The van der Waals surface area contributed by atoms with Gasteiger partial charge in [-0.1, -0.05) is 0 Å². The number of carbonyl (C=O) groups is 1. The van der Waals surface area contributed by atoms with Crippen LogP contribution in [-0.4, -0.2) is 37.5 Å². The summed E-state index contributed by atoms with van der Waals surface area (Å²) in [5.41, 5.74) is -4.40. The summed E-state index contributed by atoms with van der Waals surface area (Å²) in [4.78, 5) is 10.9. The molecular formula is C11H11F4NO4S. The zero-order valence-corrected chi connectivity index (χ0v) is 11.6. The van der Waals surface area contributed by atoms with E-state index in [1.807, 2.05) is 0 Å². The van der Waals surface area contributed by atoms with Crippen LogP contribution in [0.3, 0.4) is 0 Å². The summed E-state index contributed by atoms with van der Waals surface area (Å²) in [7, 11) is -3.70. The van der Waals surface area contributed by atoms with Gasteiger partial charge in [0.15, 0.2) is 9.84 Å². The van der Waals surface area contributed by atoms with Crippen LogP contribution >= 0.6 is 0 Å². The van der Waals surface area contributed by atoms with E-state index in [0.717, 1.165) is 18.4 Å². The van der Waals surface area contributed by atoms with E-state index in [4.69, 9.17) is 5.11 Å². The summed E-state index contributed by atoms with van der Waals surface area (Å²) >= 11 is 0. The van der Waals surface area contributed by atoms with E-state index >= 15 is 0 Å². The Bertz CT molecular complexity index is 667. The summed E-state index contributed by atoms with van der Waals surface area (Å²) in [6, 6.07) is 2.25. The average Bonchev–Trinajstić information content (AvgIpc) is 2.28. The van der Waals surface area contributed by atoms with Crippen LogP contribution in [0.25, 0.3) is 0 Å². The van der Waals surface area contributed by atoms with Crippen LogP contribution in [-0.2, 0) is 14.6 Å². The summed E-state index contributed by atoms with van der Waals surface area (Å²) in [6.07, 6.45) is -4.44. The average molecular weight is 329 g/mol. The molecule has 0 unspecified atom stereocenters. The number of hydrogen-bond acceptors (Lipinski definition) is 4. The Kier molecular flexibility index (Phi) is 4.35. The standard InChI is InChI=1S/C11H11F4NO4S/c1-10(18,11(13,14)15)9(17)16-8-4-3-6(5-7(8)12)21(2,19)20/h3-5,18H,1-2H3,(H,16,17)/t10-/m1/s1. The number of hydrogen-bond donors (Lipinski definition) is 2. The van der Waals surface area contributed by atoms with E-state index in [-0.39, 0.29) is 6.92 Å². The minimum atomic E-state index is -5.25. The number of anilines is 1. The highest BCUT2D eigenvalue weighted by Gasteiger charge is 2.55. The van der Waals surface area contributed by atoms with E-state index < -0.39 is 43.9 Å². The van der Waals surface area contributed by atoms with Crippen LogP contribution in [0.2, 0.25) is 0 Å². The summed E-state index contributed by atoms with van der Waals surface area (Å²) in [6.45, 7) is 0.213. The highest BCUT2D eigenvalue weighted by Crippen LogP contribution is 2.31. The summed E-state index contributed by atoms with van der Waals surface area (Å²) in [5, 5.41) is 10.7. The third kappa shape index (κ3) is 3.70. The molecule has 1 rings (SSSR count). The van der Waals surface area contributed by atoms with Gasteiger partial charge in [0, 0.05) is 6.26 Å². The van der Waals surface area contributed by atoms with Crippen molar-refractivity contribution in [2.45, 2.75) is 23.6 Å². The van der Waals surface area contributed by atoms with Gasteiger partial charge in [0.1, 0.15) is 5.82 Å². The third-order valence-electron chi connectivity index (χ3n) is 2.61. The van der Waals surface area contributed by atoms with Gasteiger partial charge >= 0.3 is 6.18 Å². The molecule has 1 aromatic rings. The molecule has 1 atom stereocenters. The van der Waals surface area contributed by atoms with Gasteiger partial charge in [-0.2, -0.15) is 13.2 Å². The molecule has 0 aromatic heterocycles. The molecule has 10 heteroatoms. The van der Waals surface area contributed by atoms with Crippen molar-refractivity contribution < 1.29 is 35.9 Å². The van der Waals surface area contributed by atoms with E-state index in [1.165, 1.54) is 0 Å². The van der Waals surface area contributed by atoms with Gasteiger partial charge in [0.25, 0.3) is 5.91 Å². The monoisotopic (exact) mass is 329 g/mol. The van der Waals surface area contributed by atoms with E-state index in [2.05, 4.69) is 0 Å². The molecule has 0 fully saturated rings. The van der Waals surface area contributed by atoms with Crippen LogP contribution < -0.4 is 5.32 Å². The maximum Gasteiger partial charge on any atom is 0.426 e. The van der Waals surface area contributed by atoms with Crippen molar-refractivity contribution in [3.05, 3.63) is 24.0 Å². The first-order chi connectivity index (χ1) is 9.26. The molecule has 0 saturated heterocycles. The van der Waals surface area contributed by atoms with Crippen LogP contribution in [0.15, 0.2) is 23.1 Å². The summed E-state index contributed by atoms with van der Waals surface area (Å²) < 4.78 is 73.2. The Hall–Kier alpha value is -1.68. The van der Waals surface area contributed by atoms with Gasteiger partial charge in [0.05, 0.1) is 10.6 Å². The molecule has 1 aromatic carbocycles. The van der Waals surface area contributed by atoms with Gasteiger partial charge in [-0.25, -0.2) is 12.8 Å². The molecule has 0 spiro atoms. The molecule has 118 valence electrons. The highest BCUT2D eigenvalue weighted by atomic mass is 32.2.